The van der Waals surface area contributed by atoms with Crippen molar-refractivity contribution in [1.29, 1.82) is 0 Å². The number of likely N-dealkylation sites (tertiary alicyclic amines) is 1. The quantitative estimate of drug-likeness (QED) is 0.472. The van der Waals surface area contributed by atoms with Gasteiger partial charge in [0.1, 0.15) is 6.54 Å². The van der Waals surface area contributed by atoms with E-state index in [1.165, 1.54) is 24.1 Å². The van der Waals surface area contributed by atoms with E-state index < -0.39 is 0 Å². The molecule has 2 fully saturated rings. The maximum Gasteiger partial charge on any atom is 0.243 e. The summed E-state index contributed by atoms with van der Waals surface area (Å²) in [5, 5.41) is 9.10. The summed E-state index contributed by atoms with van der Waals surface area (Å²) in [5.41, 5.74) is 0. The highest BCUT2D eigenvalue weighted by Gasteiger charge is 2.25. The summed E-state index contributed by atoms with van der Waals surface area (Å²) in [6, 6.07) is 4.67. The largest absolute Gasteiger partial charge is 0.376 e. The van der Waals surface area contributed by atoms with Crippen LogP contribution in [-0.4, -0.2) is 81.2 Å². The summed E-state index contributed by atoms with van der Waals surface area (Å²) < 4.78 is 5.85. The summed E-state index contributed by atoms with van der Waals surface area (Å²) >= 11 is 1.81. The second kappa shape index (κ2) is 12.4. The summed E-state index contributed by atoms with van der Waals surface area (Å²) in [6.07, 6.45) is 6.13. The Morgan fingerprint density at radius 3 is 2.74 bits per heavy atom. The van der Waals surface area contributed by atoms with Crippen molar-refractivity contribution in [1.82, 2.24) is 20.4 Å². The molecule has 2 atom stereocenters. The first kappa shape index (κ1) is 24.0. The Morgan fingerprint density at radius 2 is 2.10 bits per heavy atom. The maximum absolute atomic E-state index is 12.1. The van der Waals surface area contributed by atoms with Crippen molar-refractivity contribution in [2.24, 2.45) is 10.9 Å². The Hall–Kier alpha value is -1.64. The van der Waals surface area contributed by atoms with Crippen molar-refractivity contribution in [3.63, 3.8) is 0 Å². The molecule has 2 unspecified atom stereocenters. The molecule has 174 valence electrons. The van der Waals surface area contributed by atoms with Crippen LogP contribution in [0.25, 0.3) is 0 Å². The molecule has 0 spiro atoms. The van der Waals surface area contributed by atoms with Gasteiger partial charge in [0.15, 0.2) is 5.96 Å². The lowest BCUT2D eigenvalue weighted by Gasteiger charge is -2.36. The minimum Gasteiger partial charge on any atom is -0.376 e. The van der Waals surface area contributed by atoms with E-state index in [1.54, 1.807) is 19.0 Å². The molecule has 3 heterocycles. The molecule has 0 bridgehead atoms. The highest BCUT2D eigenvalue weighted by Crippen LogP contribution is 2.29. The number of hydrogen-bond acceptors (Lipinski definition) is 5. The first-order valence-electron chi connectivity index (χ1n) is 11.6. The summed E-state index contributed by atoms with van der Waals surface area (Å²) in [5.74, 6) is 1.49. The number of carbonyl (C=O) groups is 1. The van der Waals surface area contributed by atoms with E-state index in [0.717, 1.165) is 45.0 Å². The number of thiophene rings is 1. The topological polar surface area (TPSA) is 69.2 Å². The van der Waals surface area contributed by atoms with Crippen LogP contribution in [0.4, 0.5) is 0 Å². The van der Waals surface area contributed by atoms with Crippen molar-refractivity contribution in [3.05, 3.63) is 22.4 Å². The molecule has 2 N–H and O–H groups in total. The van der Waals surface area contributed by atoms with Gasteiger partial charge in [-0.2, -0.15) is 0 Å². The van der Waals surface area contributed by atoms with E-state index in [0.29, 0.717) is 18.5 Å². The smallest absolute Gasteiger partial charge is 0.243 e. The van der Waals surface area contributed by atoms with Crippen molar-refractivity contribution in [2.75, 3.05) is 53.4 Å². The second-order valence-electron chi connectivity index (χ2n) is 8.95. The first-order chi connectivity index (χ1) is 15.0. The number of hydrogen-bond donors (Lipinski definition) is 2. The summed E-state index contributed by atoms with van der Waals surface area (Å²) in [7, 11) is 3.52. The number of aliphatic imine (C=N–C) groups is 1. The zero-order valence-corrected chi connectivity index (χ0v) is 20.1. The predicted octanol–water partition coefficient (Wildman–Crippen LogP) is 2.71. The fourth-order valence-corrected chi connectivity index (χ4v) is 4.93. The number of ether oxygens (including phenoxy) is 1. The van der Waals surface area contributed by atoms with Gasteiger partial charge in [0.05, 0.1) is 12.1 Å². The zero-order valence-electron chi connectivity index (χ0n) is 19.3. The highest BCUT2D eigenvalue weighted by molar-refractivity contribution is 7.10. The third kappa shape index (κ3) is 7.77. The van der Waals surface area contributed by atoms with Crippen molar-refractivity contribution < 1.29 is 9.53 Å². The van der Waals surface area contributed by atoms with Gasteiger partial charge in [-0.3, -0.25) is 9.69 Å². The molecule has 2 saturated heterocycles. The van der Waals surface area contributed by atoms with E-state index >= 15 is 0 Å². The van der Waals surface area contributed by atoms with Crippen LogP contribution in [0.5, 0.6) is 0 Å². The molecular weight excluding hydrogens is 410 g/mol. The highest BCUT2D eigenvalue weighted by atomic mass is 32.1. The monoisotopic (exact) mass is 449 g/mol. The third-order valence-electron chi connectivity index (χ3n) is 6.24. The van der Waals surface area contributed by atoms with Gasteiger partial charge >= 0.3 is 0 Å². The molecule has 1 aromatic rings. The molecule has 3 rings (SSSR count). The molecule has 31 heavy (non-hydrogen) atoms. The number of piperidine rings is 1. The fourth-order valence-electron chi connectivity index (χ4n) is 4.07. The van der Waals surface area contributed by atoms with Crippen LogP contribution in [-0.2, 0) is 9.53 Å². The predicted molar refractivity (Wildman–Crippen MR) is 128 cm³/mol. The van der Waals surface area contributed by atoms with Crippen molar-refractivity contribution in [3.8, 4) is 0 Å². The molecule has 7 nitrogen and oxygen atoms in total. The van der Waals surface area contributed by atoms with E-state index in [1.807, 2.05) is 11.3 Å². The molecule has 2 aliphatic rings. The average Bonchev–Trinajstić information content (AvgIpc) is 3.31. The number of carbonyl (C=O) groups excluding carboxylic acids is 1. The van der Waals surface area contributed by atoms with Gasteiger partial charge in [0.25, 0.3) is 0 Å². The van der Waals surface area contributed by atoms with Gasteiger partial charge in [-0.05, 0) is 62.6 Å². The Balaban J connectivity index is 1.63. The molecule has 0 radical (unpaired) electrons. The Labute approximate surface area is 191 Å². The normalized spacial score (nSPS) is 22.2. The minimum absolute atomic E-state index is 0.00478. The van der Waals surface area contributed by atoms with Gasteiger partial charge in [0, 0.05) is 38.7 Å². The van der Waals surface area contributed by atoms with Crippen molar-refractivity contribution >= 4 is 23.2 Å². The van der Waals surface area contributed by atoms with E-state index in [-0.39, 0.29) is 18.6 Å². The molecule has 8 heteroatoms. The number of nitrogens with one attached hydrogen (secondary N) is 2. The molecule has 1 aromatic heterocycles. The number of nitrogens with zero attached hydrogens (tertiary/aromatic N) is 3. The van der Waals surface area contributed by atoms with Crippen LogP contribution in [0.15, 0.2) is 22.5 Å². The zero-order chi connectivity index (χ0) is 22.1. The number of amides is 1. The number of guanidine groups is 1. The van der Waals surface area contributed by atoms with Gasteiger partial charge in [-0.25, -0.2) is 4.99 Å². The fraction of sp³-hybridized carbons (Fsp3) is 0.739. The maximum atomic E-state index is 12.1. The third-order valence-corrected chi connectivity index (χ3v) is 7.21. The standard InChI is InChI=1S/C23H39N5O2S/c1-18-9-11-28(12-10-18)20(21-8-6-14-31-21)16-25-23(26-17-22(29)27(2)3)24-15-19-7-4-5-13-30-19/h6,8,14,18-20H,4-5,7,9-13,15-17H2,1-3H3,(H2,24,25,26). The van der Waals surface area contributed by atoms with Gasteiger partial charge in [-0.15, -0.1) is 11.3 Å². The number of likely N-dealkylation sites (N-methyl/N-ethyl adjacent to an activating group) is 1. The Morgan fingerprint density at radius 1 is 1.29 bits per heavy atom. The lowest BCUT2D eigenvalue weighted by molar-refractivity contribution is -0.127. The van der Waals surface area contributed by atoms with Crippen LogP contribution in [0.2, 0.25) is 0 Å². The molecule has 0 aliphatic carbocycles. The summed E-state index contributed by atoms with van der Waals surface area (Å²) in [6.45, 7) is 7.05. The van der Waals surface area contributed by atoms with Crippen LogP contribution < -0.4 is 10.6 Å². The Kier molecular flexibility index (Phi) is 9.61. The SMILES string of the molecule is CC1CCN(C(CNC(=NCC(=O)N(C)C)NCC2CCCCO2)c2cccs2)CC1. The van der Waals surface area contributed by atoms with E-state index in [2.05, 4.69) is 45.0 Å². The molecular formula is C23H39N5O2S. The van der Waals surface area contributed by atoms with Gasteiger partial charge in [0.2, 0.25) is 5.91 Å². The molecule has 1 amide bonds. The van der Waals surface area contributed by atoms with Gasteiger partial charge in [-0.1, -0.05) is 13.0 Å². The van der Waals surface area contributed by atoms with E-state index in [9.17, 15) is 4.79 Å². The van der Waals surface area contributed by atoms with E-state index in [4.69, 9.17) is 4.74 Å². The Bertz CT molecular complexity index is 680. The van der Waals surface area contributed by atoms with Crippen LogP contribution in [0.3, 0.4) is 0 Å². The summed E-state index contributed by atoms with van der Waals surface area (Å²) in [4.78, 5) is 22.2. The van der Waals surface area contributed by atoms with Gasteiger partial charge < -0.3 is 20.3 Å². The molecule has 0 aromatic carbocycles. The average molecular weight is 450 g/mol. The second-order valence-corrected chi connectivity index (χ2v) is 9.93. The van der Waals surface area contributed by atoms with Crippen molar-refractivity contribution in [2.45, 2.75) is 51.2 Å². The number of rotatable bonds is 8. The van der Waals surface area contributed by atoms with Crippen LogP contribution in [0, 0.1) is 5.92 Å². The molecule has 2 aliphatic heterocycles. The minimum atomic E-state index is -0.00478. The molecule has 0 saturated carbocycles. The lowest BCUT2D eigenvalue weighted by atomic mass is 9.97. The lowest BCUT2D eigenvalue weighted by Crippen LogP contribution is -2.47. The van der Waals surface area contributed by atoms with Crippen LogP contribution >= 0.6 is 11.3 Å². The van der Waals surface area contributed by atoms with Crippen LogP contribution in [0.1, 0.15) is 49.9 Å². The first-order valence-corrected chi connectivity index (χ1v) is 12.5.